The molecule has 2 fully saturated rings. The largest absolute Gasteiger partial charge is 0.294 e. The minimum Gasteiger partial charge on any atom is -0.294 e. The average Bonchev–Trinajstić information content (AvgIpc) is 2.22. The highest BCUT2D eigenvalue weighted by molar-refractivity contribution is 6.03. The van der Waals surface area contributed by atoms with Crippen LogP contribution in [0.25, 0.3) is 0 Å². The smallest absolute Gasteiger partial charge is 0.243 e. The molecule has 0 aromatic rings. The summed E-state index contributed by atoms with van der Waals surface area (Å²) < 4.78 is 0. The molecule has 0 saturated carbocycles. The molecule has 0 radical (unpaired) electrons. The fourth-order valence-corrected chi connectivity index (χ4v) is 1.86. The van der Waals surface area contributed by atoms with Crippen LogP contribution in [0, 0.1) is 0 Å². The van der Waals surface area contributed by atoms with Crippen LogP contribution in [0.15, 0.2) is 0 Å². The first-order valence-corrected chi connectivity index (χ1v) is 3.77. The number of likely N-dealkylation sites (N-methyl/N-ethyl adjacent to an activating group) is 1. The van der Waals surface area contributed by atoms with Gasteiger partial charge in [0.1, 0.15) is 0 Å². The molecule has 2 heterocycles. The van der Waals surface area contributed by atoms with Gasteiger partial charge < -0.3 is 0 Å². The quantitative estimate of drug-likeness (QED) is 0.460. The van der Waals surface area contributed by atoms with Crippen LogP contribution in [0.1, 0.15) is 12.8 Å². The Hall–Kier alpha value is -0.900. The molecule has 60 valence electrons. The molecule has 4 heteroatoms. The zero-order chi connectivity index (χ0) is 8.01. The molecular weight excluding hydrogens is 144 g/mol. The molecule has 2 unspecified atom stereocenters. The van der Waals surface area contributed by atoms with E-state index in [1.807, 2.05) is 11.9 Å². The maximum absolute atomic E-state index is 11.1. The molecule has 2 bridgehead atoms. The third-order valence-electron chi connectivity index (χ3n) is 2.55. The summed E-state index contributed by atoms with van der Waals surface area (Å²) in [5.41, 5.74) is 0. The number of imide groups is 1. The van der Waals surface area contributed by atoms with Crippen LogP contribution in [0.4, 0.5) is 0 Å². The van der Waals surface area contributed by atoms with Crippen LogP contribution in [0.3, 0.4) is 0 Å². The molecule has 2 aliphatic heterocycles. The van der Waals surface area contributed by atoms with E-state index in [1.165, 1.54) is 0 Å². The second-order valence-electron chi connectivity index (χ2n) is 3.13. The van der Waals surface area contributed by atoms with E-state index >= 15 is 0 Å². The van der Waals surface area contributed by atoms with Crippen LogP contribution in [-0.2, 0) is 9.59 Å². The Bertz CT molecular complexity index is 204. The molecular formula is C7H10N2O2. The zero-order valence-corrected chi connectivity index (χ0v) is 6.33. The van der Waals surface area contributed by atoms with Crippen molar-refractivity contribution in [1.29, 1.82) is 0 Å². The van der Waals surface area contributed by atoms with E-state index < -0.39 is 0 Å². The van der Waals surface area contributed by atoms with Crippen LogP contribution < -0.4 is 5.32 Å². The van der Waals surface area contributed by atoms with Crippen molar-refractivity contribution < 1.29 is 9.59 Å². The Labute approximate surface area is 64.5 Å². The second-order valence-corrected chi connectivity index (χ2v) is 3.13. The summed E-state index contributed by atoms with van der Waals surface area (Å²) in [7, 11) is 1.83. The molecule has 2 rings (SSSR count). The van der Waals surface area contributed by atoms with Gasteiger partial charge in [0, 0.05) is 0 Å². The molecule has 0 aromatic heterocycles. The van der Waals surface area contributed by atoms with Gasteiger partial charge in [0.2, 0.25) is 11.8 Å². The number of amides is 2. The lowest BCUT2D eigenvalue weighted by Crippen LogP contribution is -2.57. The van der Waals surface area contributed by atoms with Crippen molar-refractivity contribution >= 4 is 11.8 Å². The van der Waals surface area contributed by atoms with Crippen LogP contribution in [0.2, 0.25) is 0 Å². The third-order valence-corrected chi connectivity index (χ3v) is 2.55. The lowest BCUT2D eigenvalue weighted by molar-refractivity contribution is -0.140. The molecule has 0 aromatic carbocycles. The van der Waals surface area contributed by atoms with Crippen LogP contribution in [0.5, 0.6) is 0 Å². The Balaban J connectivity index is 2.30. The van der Waals surface area contributed by atoms with Gasteiger partial charge in [0.15, 0.2) is 0 Å². The highest BCUT2D eigenvalue weighted by Crippen LogP contribution is 2.25. The molecule has 2 amide bonds. The van der Waals surface area contributed by atoms with Crippen molar-refractivity contribution in [3.8, 4) is 0 Å². The number of fused-ring (bicyclic) bond motifs is 2. The third kappa shape index (κ3) is 0.790. The summed E-state index contributed by atoms with van der Waals surface area (Å²) in [4.78, 5) is 24.1. The zero-order valence-electron chi connectivity index (χ0n) is 6.33. The lowest BCUT2D eigenvalue weighted by Gasteiger charge is -2.28. The van der Waals surface area contributed by atoms with Gasteiger partial charge in [0.25, 0.3) is 0 Å². The molecule has 0 aliphatic carbocycles. The maximum atomic E-state index is 11.1. The summed E-state index contributed by atoms with van der Waals surface area (Å²) >= 11 is 0. The van der Waals surface area contributed by atoms with Crippen molar-refractivity contribution in [2.75, 3.05) is 7.05 Å². The number of carbonyl (C=O) groups excluding carboxylic acids is 2. The standard InChI is InChI=1S/C7H10N2O2/c1-9-4-2-3-5(9)7(11)8-6(4)10/h4-5H,2-3H2,1H3,(H,8,10,11). The number of nitrogens with one attached hydrogen (secondary N) is 1. The van der Waals surface area contributed by atoms with Crippen molar-refractivity contribution in [3.05, 3.63) is 0 Å². The number of nitrogens with zero attached hydrogens (tertiary/aromatic N) is 1. The van der Waals surface area contributed by atoms with E-state index in [2.05, 4.69) is 5.32 Å². The number of piperazine rings is 1. The first kappa shape index (κ1) is 6.79. The lowest BCUT2D eigenvalue weighted by atomic mass is 10.2. The Kier molecular flexibility index (Phi) is 1.26. The molecule has 0 spiro atoms. The summed E-state index contributed by atoms with van der Waals surface area (Å²) in [6.07, 6.45) is 1.64. The minimum atomic E-state index is -0.133. The SMILES string of the molecule is CN1C2CCC1C(=O)NC2=O. The monoisotopic (exact) mass is 154 g/mol. The molecule has 4 nitrogen and oxygen atoms in total. The molecule has 2 saturated heterocycles. The average molecular weight is 154 g/mol. The number of carbonyl (C=O) groups is 2. The topological polar surface area (TPSA) is 49.4 Å². The second kappa shape index (κ2) is 2.04. The fraction of sp³-hybridized carbons (Fsp3) is 0.714. The van der Waals surface area contributed by atoms with Gasteiger partial charge in [-0.1, -0.05) is 0 Å². The van der Waals surface area contributed by atoms with Gasteiger partial charge in [-0.15, -0.1) is 0 Å². The van der Waals surface area contributed by atoms with Gasteiger partial charge >= 0.3 is 0 Å². The van der Waals surface area contributed by atoms with E-state index in [4.69, 9.17) is 0 Å². The van der Waals surface area contributed by atoms with E-state index in [0.29, 0.717) is 0 Å². The van der Waals surface area contributed by atoms with Crippen molar-refractivity contribution in [2.24, 2.45) is 0 Å². The normalized spacial score (nSPS) is 37.5. The highest BCUT2D eigenvalue weighted by Gasteiger charge is 2.44. The molecule has 2 atom stereocenters. The van der Waals surface area contributed by atoms with Crippen LogP contribution >= 0.6 is 0 Å². The van der Waals surface area contributed by atoms with Gasteiger partial charge in [-0.05, 0) is 19.9 Å². The summed E-state index contributed by atoms with van der Waals surface area (Å²) in [5.74, 6) is -0.266. The minimum absolute atomic E-state index is 0.0577. The Morgan fingerprint density at radius 2 is 1.73 bits per heavy atom. The predicted octanol–water partition coefficient (Wildman–Crippen LogP) is -0.894. The number of hydrogen-bond donors (Lipinski definition) is 1. The van der Waals surface area contributed by atoms with Crippen molar-refractivity contribution in [1.82, 2.24) is 10.2 Å². The summed E-state index contributed by atoms with van der Waals surface area (Å²) in [6.45, 7) is 0. The van der Waals surface area contributed by atoms with Gasteiger partial charge in [-0.3, -0.25) is 19.8 Å². The fourth-order valence-electron chi connectivity index (χ4n) is 1.86. The van der Waals surface area contributed by atoms with Gasteiger partial charge in [-0.25, -0.2) is 0 Å². The predicted molar refractivity (Wildman–Crippen MR) is 37.7 cm³/mol. The first-order valence-electron chi connectivity index (χ1n) is 3.77. The number of rotatable bonds is 0. The highest BCUT2D eigenvalue weighted by atomic mass is 16.2. The Morgan fingerprint density at radius 3 is 2.18 bits per heavy atom. The van der Waals surface area contributed by atoms with E-state index in [9.17, 15) is 9.59 Å². The number of hydrogen-bond acceptors (Lipinski definition) is 3. The molecule has 2 aliphatic rings. The summed E-state index contributed by atoms with van der Waals surface area (Å²) in [5, 5.41) is 2.35. The van der Waals surface area contributed by atoms with Gasteiger partial charge in [0.05, 0.1) is 12.1 Å². The van der Waals surface area contributed by atoms with Crippen LogP contribution in [-0.4, -0.2) is 35.8 Å². The van der Waals surface area contributed by atoms with Gasteiger partial charge in [-0.2, -0.15) is 0 Å². The first-order chi connectivity index (χ1) is 5.20. The summed E-state index contributed by atoms with van der Waals surface area (Å²) in [6, 6.07) is -0.115. The van der Waals surface area contributed by atoms with E-state index in [-0.39, 0.29) is 23.9 Å². The Morgan fingerprint density at radius 1 is 1.27 bits per heavy atom. The molecule has 1 N–H and O–H groups in total. The van der Waals surface area contributed by atoms with Crippen molar-refractivity contribution in [2.45, 2.75) is 24.9 Å². The van der Waals surface area contributed by atoms with E-state index in [0.717, 1.165) is 12.8 Å². The van der Waals surface area contributed by atoms with E-state index in [1.54, 1.807) is 0 Å². The van der Waals surface area contributed by atoms with Crippen molar-refractivity contribution in [3.63, 3.8) is 0 Å². The maximum Gasteiger partial charge on any atom is 0.243 e. The molecule has 11 heavy (non-hydrogen) atoms.